The van der Waals surface area contributed by atoms with Crippen LogP contribution in [0.5, 0.6) is 0 Å². The first kappa shape index (κ1) is 11.6. The highest BCUT2D eigenvalue weighted by Crippen LogP contribution is 2.43. The molecule has 0 aliphatic heterocycles. The second kappa shape index (κ2) is 4.57. The summed E-state index contributed by atoms with van der Waals surface area (Å²) in [5, 5.41) is 0. The minimum Gasteiger partial charge on any atom is -0.207 e. The number of halogens is 1. The zero-order valence-corrected chi connectivity index (χ0v) is 10.5. The lowest BCUT2D eigenvalue weighted by Gasteiger charge is -2.17. The third-order valence-corrected chi connectivity index (χ3v) is 4.10. The molecule has 88 valence electrons. The van der Waals surface area contributed by atoms with Crippen molar-refractivity contribution in [2.45, 2.75) is 46.0 Å². The van der Waals surface area contributed by atoms with Crippen LogP contribution in [0.25, 0.3) is 0 Å². The molecule has 0 aromatic heterocycles. The first-order chi connectivity index (χ1) is 7.59. The lowest BCUT2D eigenvalue weighted by atomic mass is 9.89. The van der Waals surface area contributed by atoms with E-state index in [4.69, 9.17) is 0 Å². The van der Waals surface area contributed by atoms with Gasteiger partial charge in [0.1, 0.15) is 5.82 Å². The molecule has 1 saturated carbocycles. The zero-order chi connectivity index (χ0) is 11.7. The molecule has 0 N–H and O–H groups in total. The van der Waals surface area contributed by atoms with Gasteiger partial charge in [0.05, 0.1) is 0 Å². The molecule has 16 heavy (non-hydrogen) atoms. The van der Waals surface area contributed by atoms with Crippen LogP contribution in [0.2, 0.25) is 0 Å². The summed E-state index contributed by atoms with van der Waals surface area (Å²) in [6.07, 6.45) is 3.58. The van der Waals surface area contributed by atoms with Gasteiger partial charge in [-0.25, -0.2) is 4.39 Å². The predicted octanol–water partition coefficient (Wildman–Crippen LogP) is 4.67. The van der Waals surface area contributed by atoms with E-state index in [1.165, 1.54) is 12.8 Å². The fourth-order valence-corrected chi connectivity index (χ4v) is 3.05. The molecule has 0 radical (unpaired) electrons. The van der Waals surface area contributed by atoms with Gasteiger partial charge in [-0.2, -0.15) is 0 Å². The van der Waals surface area contributed by atoms with Crippen molar-refractivity contribution in [1.82, 2.24) is 0 Å². The Morgan fingerprint density at radius 3 is 2.56 bits per heavy atom. The van der Waals surface area contributed by atoms with Crippen molar-refractivity contribution in [3.8, 4) is 0 Å². The van der Waals surface area contributed by atoms with Crippen LogP contribution in [0.3, 0.4) is 0 Å². The first-order valence-corrected chi connectivity index (χ1v) is 6.34. The highest BCUT2D eigenvalue weighted by atomic mass is 19.1. The van der Waals surface area contributed by atoms with Gasteiger partial charge < -0.3 is 0 Å². The maximum Gasteiger partial charge on any atom is 0.126 e. The quantitative estimate of drug-likeness (QED) is 0.679. The molecule has 0 bridgehead atoms. The van der Waals surface area contributed by atoms with Gasteiger partial charge in [0.25, 0.3) is 0 Å². The van der Waals surface area contributed by atoms with E-state index in [2.05, 4.69) is 13.8 Å². The molecule has 1 aliphatic carbocycles. The Morgan fingerprint density at radius 2 is 2.00 bits per heavy atom. The average Bonchev–Trinajstić information content (AvgIpc) is 2.66. The molecule has 0 heterocycles. The minimum atomic E-state index is -0.00518. The van der Waals surface area contributed by atoms with Gasteiger partial charge in [-0.1, -0.05) is 26.0 Å². The SMILES string of the molecule is Cc1cccc(F)c1C1CCC(C(C)C)C1. The summed E-state index contributed by atoms with van der Waals surface area (Å²) in [7, 11) is 0. The van der Waals surface area contributed by atoms with Gasteiger partial charge in [0.2, 0.25) is 0 Å². The second-order valence-electron chi connectivity index (χ2n) is 5.48. The van der Waals surface area contributed by atoms with Gasteiger partial charge in [-0.15, -0.1) is 0 Å². The molecule has 1 aliphatic rings. The van der Waals surface area contributed by atoms with Crippen molar-refractivity contribution in [2.24, 2.45) is 11.8 Å². The van der Waals surface area contributed by atoms with E-state index in [-0.39, 0.29) is 5.82 Å². The normalized spacial score (nSPS) is 25.3. The van der Waals surface area contributed by atoms with Crippen molar-refractivity contribution in [2.75, 3.05) is 0 Å². The standard InChI is InChI=1S/C15H21F/c1-10(2)12-7-8-13(9-12)15-11(3)5-4-6-14(15)16/h4-6,10,12-13H,7-9H2,1-3H3. The Morgan fingerprint density at radius 1 is 1.25 bits per heavy atom. The summed E-state index contributed by atoms with van der Waals surface area (Å²) in [6.45, 7) is 6.59. The van der Waals surface area contributed by atoms with Crippen LogP contribution in [0, 0.1) is 24.6 Å². The van der Waals surface area contributed by atoms with Gasteiger partial charge in [0, 0.05) is 0 Å². The molecule has 0 saturated heterocycles. The summed E-state index contributed by atoms with van der Waals surface area (Å²) in [5.74, 6) is 1.96. The second-order valence-corrected chi connectivity index (χ2v) is 5.48. The Hall–Kier alpha value is -0.850. The minimum absolute atomic E-state index is 0.00518. The molecule has 0 amide bonds. The van der Waals surface area contributed by atoms with E-state index >= 15 is 0 Å². The van der Waals surface area contributed by atoms with E-state index in [0.29, 0.717) is 5.92 Å². The number of benzene rings is 1. The zero-order valence-electron chi connectivity index (χ0n) is 10.5. The van der Waals surface area contributed by atoms with Gasteiger partial charge in [0.15, 0.2) is 0 Å². The van der Waals surface area contributed by atoms with Gasteiger partial charge in [-0.05, 0) is 61.1 Å². The van der Waals surface area contributed by atoms with Gasteiger partial charge >= 0.3 is 0 Å². The number of rotatable bonds is 2. The van der Waals surface area contributed by atoms with Crippen LogP contribution >= 0.6 is 0 Å². The molecule has 2 rings (SSSR count). The molecule has 1 aromatic carbocycles. The summed E-state index contributed by atoms with van der Waals surface area (Å²) >= 11 is 0. The lowest BCUT2D eigenvalue weighted by molar-refractivity contribution is 0.390. The predicted molar refractivity (Wildman–Crippen MR) is 66.1 cm³/mol. The maximum absolute atomic E-state index is 13.8. The third kappa shape index (κ3) is 2.14. The van der Waals surface area contributed by atoms with Crippen LogP contribution in [0.1, 0.15) is 50.2 Å². The number of hydrogen-bond donors (Lipinski definition) is 0. The summed E-state index contributed by atoms with van der Waals surface area (Å²) in [4.78, 5) is 0. The molecule has 1 aromatic rings. The Balaban J connectivity index is 2.20. The smallest absolute Gasteiger partial charge is 0.126 e. The summed E-state index contributed by atoms with van der Waals surface area (Å²) in [6, 6.07) is 5.44. The van der Waals surface area contributed by atoms with Crippen LogP contribution < -0.4 is 0 Å². The molecule has 1 fully saturated rings. The van der Waals surface area contributed by atoms with E-state index in [9.17, 15) is 4.39 Å². The van der Waals surface area contributed by atoms with Crippen LogP contribution in [0.4, 0.5) is 4.39 Å². The van der Waals surface area contributed by atoms with Crippen LogP contribution in [0.15, 0.2) is 18.2 Å². The van der Waals surface area contributed by atoms with Crippen LogP contribution in [-0.4, -0.2) is 0 Å². The molecular formula is C15H21F. The fourth-order valence-electron chi connectivity index (χ4n) is 3.05. The monoisotopic (exact) mass is 220 g/mol. The van der Waals surface area contributed by atoms with Crippen molar-refractivity contribution >= 4 is 0 Å². The Bertz CT molecular complexity index is 347. The van der Waals surface area contributed by atoms with Crippen molar-refractivity contribution in [3.63, 3.8) is 0 Å². The highest BCUT2D eigenvalue weighted by molar-refractivity contribution is 5.31. The van der Waals surface area contributed by atoms with Crippen molar-refractivity contribution < 1.29 is 4.39 Å². The van der Waals surface area contributed by atoms with Crippen molar-refractivity contribution in [1.29, 1.82) is 0 Å². The number of aryl methyl sites for hydroxylation is 1. The van der Waals surface area contributed by atoms with Crippen LogP contribution in [-0.2, 0) is 0 Å². The number of hydrogen-bond acceptors (Lipinski definition) is 0. The maximum atomic E-state index is 13.8. The highest BCUT2D eigenvalue weighted by Gasteiger charge is 2.29. The molecule has 2 atom stereocenters. The van der Waals surface area contributed by atoms with E-state index in [1.807, 2.05) is 19.1 Å². The average molecular weight is 220 g/mol. The van der Waals surface area contributed by atoms with E-state index < -0.39 is 0 Å². The third-order valence-electron chi connectivity index (χ3n) is 4.10. The van der Waals surface area contributed by atoms with E-state index in [1.54, 1.807) is 6.07 Å². The Labute approximate surface area is 97.9 Å². The topological polar surface area (TPSA) is 0 Å². The molecular weight excluding hydrogens is 199 g/mol. The molecule has 0 spiro atoms. The van der Waals surface area contributed by atoms with Gasteiger partial charge in [-0.3, -0.25) is 0 Å². The molecule has 0 nitrogen and oxygen atoms in total. The molecule has 1 heteroatoms. The first-order valence-electron chi connectivity index (χ1n) is 6.34. The van der Waals surface area contributed by atoms with E-state index in [0.717, 1.165) is 29.4 Å². The largest absolute Gasteiger partial charge is 0.207 e. The summed E-state index contributed by atoms with van der Waals surface area (Å²) in [5.41, 5.74) is 2.10. The van der Waals surface area contributed by atoms with Crippen molar-refractivity contribution in [3.05, 3.63) is 35.1 Å². The lowest BCUT2D eigenvalue weighted by Crippen LogP contribution is -2.05. The summed E-state index contributed by atoms with van der Waals surface area (Å²) < 4.78 is 13.8. The molecule has 2 unspecified atom stereocenters. The Kier molecular flexibility index (Phi) is 3.32. The fraction of sp³-hybridized carbons (Fsp3) is 0.600.